The summed E-state index contributed by atoms with van der Waals surface area (Å²) in [6.45, 7) is 2.27. The molecule has 0 bridgehead atoms. The summed E-state index contributed by atoms with van der Waals surface area (Å²) in [5.74, 6) is -2.55. The molecule has 1 heterocycles. The predicted molar refractivity (Wildman–Crippen MR) is 84.7 cm³/mol. The SMILES string of the molecule is C[C@@H]1CN(C(=O)C(c2c(F)cccc2Cl)N(C)C)C[C@H]1C(=O)O. The van der Waals surface area contributed by atoms with Crippen molar-refractivity contribution in [1.82, 2.24) is 9.80 Å². The lowest BCUT2D eigenvalue weighted by atomic mass is 9.99. The molecule has 0 radical (unpaired) electrons. The van der Waals surface area contributed by atoms with Crippen LogP contribution in [0.5, 0.6) is 0 Å². The highest BCUT2D eigenvalue weighted by Gasteiger charge is 2.40. The highest BCUT2D eigenvalue weighted by atomic mass is 35.5. The van der Waals surface area contributed by atoms with Gasteiger partial charge in [0.15, 0.2) is 0 Å². The van der Waals surface area contributed by atoms with Crippen LogP contribution in [0.3, 0.4) is 0 Å². The van der Waals surface area contributed by atoms with Crippen molar-refractivity contribution >= 4 is 23.5 Å². The minimum atomic E-state index is -0.918. The molecule has 1 unspecified atom stereocenters. The Morgan fingerprint density at radius 1 is 1.39 bits per heavy atom. The number of rotatable bonds is 4. The first-order valence-electron chi connectivity index (χ1n) is 7.36. The molecule has 126 valence electrons. The maximum atomic E-state index is 14.2. The van der Waals surface area contributed by atoms with Crippen molar-refractivity contribution in [2.75, 3.05) is 27.2 Å². The number of aliphatic carboxylic acids is 1. The Morgan fingerprint density at radius 2 is 2.04 bits per heavy atom. The number of carboxylic acid groups (broad SMARTS) is 1. The average molecular weight is 343 g/mol. The zero-order chi connectivity index (χ0) is 17.3. The highest BCUT2D eigenvalue weighted by molar-refractivity contribution is 6.31. The van der Waals surface area contributed by atoms with Crippen LogP contribution in [0.25, 0.3) is 0 Å². The number of carboxylic acids is 1. The molecule has 1 amide bonds. The monoisotopic (exact) mass is 342 g/mol. The molecule has 7 heteroatoms. The van der Waals surface area contributed by atoms with Gasteiger partial charge in [0.1, 0.15) is 11.9 Å². The third kappa shape index (κ3) is 3.48. The van der Waals surface area contributed by atoms with Gasteiger partial charge in [-0.3, -0.25) is 14.5 Å². The van der Waals surface area contributed by atoms with Crippen LogP contribution in [0.2, 0.25) is 5.02 Å². The Labute approximate surface area is 139 Å². The van der Waals surface area contributed by atoms with Crippen molar-refractivity contribution in [2.24, 2.45) is 11.8 Å². The molecule has 1 aliphatic rings. The largest absolute Gasteiger partial charge is 0.481 e. The Balaban J connectivity index is 2.33. The van der Waals surface area contributed by atoms with Crippen LogP contribution in [0, 0.1) is 17.7 Å². The second kappa shape index (κ2) is 6.84. The molecule has 1 aromatic carbocycles. The van der Waals surface area contributed by atoms with Crippen molar-refractivity contribution < 1.29 is 19.1 Å². The van der Waals surface area contributed by atoms with E-state index in [4.69, 9.17) is 11.6 Å². The van der Waals surface area contributed by atoms with Gasteiger partial charge in [0.05, 0.1) is 5.92 Å². The molecule has 1 saturated heterocycles. The number of hydrogen-bond donors (Lipinski definition) is 1. The van der Waals surface area contributed by atoms with Gasteiger partial charge < -0.3 is 10.0 Å². The van der Waals surface area contributed by atoms with Gasteiger partial charge in [-0.15, -0.1) is 0 Å². The molecule has 2 rings (SSSR count). The highest BCUT2D eigenvalue weighted by Crippen LogP contribution is 2.33. The van der Waals surface area contributed by atoms with Crippen LogP contribution in [-0.4, -0.2) is 54.0 Å². The number of benzene rings is 1. The number of nitrogens with zero attached hydrogens (tertiary/aromatic N) is 2. The minimum Gasteiger partial charge on any atom is -0.481 e. The molecular weight excluding hydrogens is 323 g/mol. The fourth-order valence-electron chi connectivity index (χ4n) is 3.02. The second-order valence-electron chi connectivity index (χ2n) is 6.17. The van der Waals surface area contributed by atoms with E-state index >= 15 is 0 Å². The van der Waals surface area contributed by atoms with Crippen molar-refractivity contribution in [3.05, 3.63) is 34.6 Å². The fraction of sp³-hybridized carbons (Fsp3) is 0.500. The lowest BCUT2D eigenvalue weighted by Gasteiger charge is -2.29. The predicted octanol–water partition coefficient (Wildman–Crippen LogP) is 2.26. The van der Waals surface area contributed by atoms with Crippen LogP contribution >= 0.6 is 11.6 Å². The molecule has 1 aromatic rings. The molecule has 0 aliphatic carbocycles. The summed E-state index contributed by atoms with van der Waals surface area (Å²) in [6, 6.07) is 3.40. The molecule has 3 atom stereocenters. The number of amides is 1. The summed E-state index contributed by atoms with van der Waals surface area (Å²) in [7, 11) is 3.33. The van der Waals surface area contributed by atoms with E-state index in [9.17, 15) is 19.1 Å². The topological polar surface area (TPSA) is 60.9 Å². The molecule has 1 fully saturated rings. The first kappa shape index (κ1) is 17.7. The van der Waals surface area contributed by atoms with Crippen LogP contribution in [0.1, 0.15) is 18.5 Å². The standard InChI is InChI=1S/C16H20ClFN2O3/c1-9-7-20(8-10(9)16(22)23)15(21)14(19(2)3)13-11(17)5-4-6-12(13)18/h4-6,9-10,14H,7-8H2,1-3H3,(H,22,23)/t9-,10-,14?/m1/s1. The van der Waals surface area contributed by atoms with E-state index in [1.165, 1.54) is 23.1 Å². The third-order valence-corrected chi connectivity index (χ3v) is 4.59. The average Bonchev–Trinajstić information content (AvgIpc) is 2.84. The van der Waals surface area contributed by atoms with E-state index in [1.807, 2.05) is 0 Å². The summed E-state index contributed by atoms with van der Waals surface area (Å²) in [5, 5.41) is 9.39. The van der Waals surface area contributed by atoms with Crippen LogP contribution < -0.4 is 0 Å². The number of halogens is 2. The van der Waals surface area contributed by atoms with E-state index in [-0.39, 0.29) is 29.0 Å². The molecule has 1 aliphatic heterocycles. The first-order valence-corrected chi connectivity index (χ1v) is 7.73. The van der Waals surface area contributed by atoms with E-state index in [0.717, 1.165) is 0 Å². The lowest BCUT2D eigenvalue weighted by molar-refractivity contribution is -0.142. The Hall–Kier alpha value is -1.66. The van der Waals surface area contributed by atoms with Crippen molar-refractivity contribution in [2.45, 2.75) is 13.0 Å². The molecule has 0 saturated carbocycles. The summed E-state index contributed by atoms with van der Waals surface area (Å²) >= 11 is 6.10. The van der Waals surface area contributed by atoms with Gasteiger partial charge in [0.25, 0.3) is 0 Å². The van der Waals surface area contributed by atoms with Gasteiger partial charge in [-0.2, -0.15) is 0 Å². The van der Waals surface area contributed by atoms with Crippen molar-refractivity contribution in [1.29, 1.82) is 0 Å². The number of carbonyl (C=O) groups excluding carboxylic acids is 1. The van der Waals surface area contributed by atoms with E-state index in [2.05, 4.69) is 0 Å². The summed E-state index contributed by atoms with van der Waals surface area (Å²) in [4.78, 5) is 27.2. The van der Waals surface area contributed by atoms with Gasteiger partial charge in [-0.25, -0.2) is 4.39 Å². The van der Waals surface area contributed by atoms with Crippen LogP contribution in [0.4, 0.5) is 4.39 Å². The van der Waals surface area contributed by atoms with E-state index in [0.29, 0.717) is 6.54 Å². The van der Waals surface area contributed by atoms with Crippen molar-refractivity contribution in [3.63, 3.8) is 0 Å². The zero-order valence-electron chi connectivity index (χ0n) is 13.3. The lowest BCUT2D eigenvalue weighted by Crippen LogP contribution is -2.40. The maximum Gasteiger partial charge on any atom is 0.308 e. The summed E-state index contributed by atoms with van der Waals surface area (Å²) in [5.41, 5.74) is 0.121. The first-order chi connectivity index (χ1) is 10.7. The molecule has 23 heavy (non-hydrogen) atoms. The molecule has 0 aromatic heterocycles. The fourth-order valence-corrected chi connectivity index (χ4v) is 3.28. The summed E-state index contributed by atoms with van der Waals surface area (Å²) in [6.07, 6.45) is 0. The zero-order valence-corrected chi connectivity index (χ0v) is 14.0. The molecule has 5 nitrogen and oxygen atoms in total. The number of likely N-dealkylation sites (N-methyl/N-ethyl adjacent to an activating group) is 1. The maximum absolute atomic E-state index is 14.2. The molecular formula is C16H20ClFN2O3. The van der Waals surface area contributed by atoms with Gasteiger partial charge in [-0.1, -0.05) is 24.6 Å². The Morgan fingerprint density at radius 3 is 2.52 bits per heavy atom. The van der Waals surface area contributed by atoms with Crippen LogP contribution in [0.15, 0.2) is 18.2 Å². The third-order valence-electron chi connectivity index (χ3n) is 4.26. The Bertz CT molecular complexity index is 603. The minimum absolute atomic E-state index is 0.121. The van der Waals surface area contributed by atoms with Gasteiger partial charge in [0, 0.05) is 23.7 Å². The number of carbonyl (C=O) groups is 2. The normalized spacial score (nSPS) is 22.4. The number of likely N-dealkylation sites (tertiary alicyclic amines) is 1. The number of hydrogen-bond acceptors (Lipinski definition) is 3. The smallest absolute Gasteiger partial charge is 0.308 e. The van der Waals surface area contributed by atoms with Crippen LogP contribution in [-0.2, 0) is 9.59 Å². The molecule has 1 N–H and O–H groups in total. The quantitative estimate of drug-likeness (QED) is 0.911. The van der Waals surface area contributed by atoms with Gasteiger partial charge in [0.2, 0.25) is 5.91 Å². The van der Waals surface area contributed by atoms with Gasteiger partial charge >= 0.3 is 5.97 Å². The summed E-state index contributed by atoms with van der Waals surface area (Å²) < 4.78 is 14.2. The van der Waals surface area contributed by atoms with Gasteiger partial charge in [-0.05, 0) is 32.1 Å². The van der Waals surface area contributed by atoms with E-state index in [1.54, 1.807) is 25.9 Å². The van der Waals surface area contributed by atoms with Crippen molar-refractivity contribution in [3.8, 4) is 0 Å². The Kier molecular flexibility index (Phi) is 5.26. The second-order valence-corrected chi connectivity index (χ2v) is 6.57. The van der Waals surface area contributed by atoms with E-state index < -0.39 is 23.7 Å². The molecule has 0 spiro atoms.